The van der Waals surface area contributed by atoms with Crippen molar-refractivity contribution in [3.05, 3.63) is 59.4 Å². The molecule has 0 N–H and O–H groups in total. The largest absolute Gasteiger partial charge is 0.496 e. The first-order valence-corrected chi connectivity index (χ1v) is 8.02. The summed E-state index contributed by atoms with van der Waals surface area (Å²) in [6.45, 7) is 2.49. The van der Waals surface area contributed by atoms with Crippen LogP contribution in [0.1, 0.15) is 39.3 Å². The normalized spacial score (nSPS) is 16.9. The molecule has 24 heavy (non-hydrogen) atoms. The van der Waals surface area contributed by atoms with Crippen LogP contribution in [0.5, 0.6) is 5.75 Å². The Balaban J connectivity index is 1.84. The number of methoxy groups -OCH3 is 1. The molecule has 1 saturated heterocycles. The van der Waals surface area contributed by atoms with Gasteiger partial charge in [-0.15, -0.1) is 0 Å². The van der Waals surface area contributed by atoms with Crippen molar-refractivity contribution in [3.8, 4) is 5.75 Å². The van der Waals surface area contributed by atoms with Crippen LogP contribution in [0.4, 0.5) is 0 Å². The van der Waals surface area contributed by atoms with E-state index in [9.17, 15) is 9.59 Å². The number of amides is 1. The lowest BCUT2D eigenvalue weighted by molar-refractivity contribution is 0.0667. The Kier molecular flexibility index (Phi) is 4.60. The molecule has 1 aromatic carbocycles. The minimum atomic E-state index is -0.424. The van der Waals surface area contributed by atoms with Crippen LogP contribution < -0.4 is 4.74 Å². The molecule has 1 aliphatic heterocycles. The Morgan fingerprint density at radius 2 is 2.08 bits per heavy atom. The highest BCUT2D eigenvalue weighted by atomic mass is 16.5. The molecule has 5 heteroatoms. The highest BCUT2D eigenvalue weighted by molar-refractivity contribution is 6.04. The Bertz CT molecular complexity index is 758. The van der Waals surface area contributed by atoms with Crippen LogP contribution in [0.3, 0.4) is 0 Å². The van der Waals surface area contributed by atoms with Crippen molar-refractivity contribution >= 4 is 11.7 Å². The minimum absolute atomic E-state index is 0.0254. The zero-order valence-electron chi connectivity index (χ0n) is 13.9. The Labute approximate surface area is 141 Å². The number of pyridine rings is 1. The highest BCUT2D eigenvalue weighted by Gasteiger charge is 2.35. The number of aryl methyl sites for hydroxylation is 1. The van der Waals surface area contributed by atoms with Gasteiger partial charge in [-0.3, -0.25) is 14.6 Å². The van der Waals surface area contributed by atoms with Crippen LogP contribution >= 0.6 is 0 Å². The van der Waals surface area contributed by atoms with Crippen LogP contribution in [-0.2, 0) is 0 Å². The van der Waals surface area contributed by atoms with Crippen LogP contribution in [0.2, 0.25) is 0 Å². The number of ketones is 1. The van der Waals surface area contributed by atoms with Gasteiger partial charge in [-0.25, -0.2) is 0 Å². The summed E-state index contributed by atoms with van der Waals surface area (Å²) in [4.78, 5) is 31.3. The number of nitrogens with zero attached hydrogens (tertiary/aromatic N) is 2. The molecular formula is C19H20N2O3. The third-order valence-corrected chi connectivity index (χ3v) is 4.38. The summed E-state index contributed by atoms with van der Waals surface area (Å²) in [5.74, 6) is 0.540. The number of likely N-dealkylation sites (tertiary alicyclic amines) is 1. The molecular weight excluding hydrogens is 304 g/mol. The number of Topliss-reactive ketones (excluding diaryl/α,β-unsaturated/α-hetero) is 1. The predicted octanol–water partition coefficient (Wildman–Crippen LogP) is 2.89. The zero-order valence-corrected chi connectivity index (χ0v) is 13.9. The molecule has 0 aliphatic carbocycles. The van der Waals surface area contributed by atoms with Crippen molar-refractivity contribution < 1.29 is 14.3 Å². The van der Waals surface area contributed by atoms with Gasteiger partial charge in [0.25, 0.3) is 5.91 Å². The smallest absolute Gasteiger partial charge is 0.273 e. The van der Waals surface area contributed by atoms with E-state index >= 15 is 0 Å². The molecule has 0 radical (unpaired) electrons. The zero-order chi connectivity index (χ0) is 17.1. The Hall–Kier alpha value is -2.69. The molecule has 1 aromatic heterocycles. The molecule has 1 fully saturated rings. The lowest BCUT2D eigenvalue weighted by atomic mass is 10.00. The van der Waals surface area contributed by atoms with Crippen molar-refractivity contribution in [3.63, 3.8) is 0 Å². The topological polar surface area (TPSA) is 59.5 Å². The number of rotatable bonds is 4. The Morgan fingerprint density at radius 3 is 2.75 bits per heavy atom. The number of hydrogen-bond acceptors (Lipinski definition) is 4. The van der Waals surface area contributed by atoms with Gasteiger partial charge in [0.05, 0.1) is 13.2 Å². The second kappa shape index (κ2) is 6.83. The molecule has 1 atom stereocenters. The maximum absolute atomic E-state index is 12.9. The number of ether oxygens (including phenoxy) is 1. The van der Waals surface area contributed by atoms with Crippen molar-refractivity contribution in [2.75, 3.05) is 13.7 Å². The predicted molar refractivity (Wildman–Crippen MR) is 90.4 cm³/mol. The van der Waals surface area contributed by atoms with Crippen molar-refractivity contribution in [1.29, 1.82) is 0 Å². The first-order chi connectivity index (χ1) is 11.6. The molecule has 0 saturated carbocycles. The van der Waals surface area contributed by atoms with Gasteiger partial charge in [-0.05, 0) is 55.7 Å². The van der Waals surface area contributed by atoms with E-state index in [-0.39, 0.29) is 11.7 Å². The van der Waals surface area contributed by atoms with Gasteiger partial charge in [0.15, 0.2) is 5.78 Å². The second-order valence-electron chi connectivity index (χ2n) is 5.92. The fourth-order valence-electron chi connectivity index (χ4n) is 3.14. The second-order valence-corrected chi connectivity index (χ2v) is 5.92. The van der Waals surface area contributed by atoms with Crippen LogP contribution in [0, 0.1) is 6.92 Å². The molecule has 3 rings (SSSR count). The summed E-state index contributed by atoms with van der Waals surface area (Å²) >= 11 is 0. The van der Waals surface area contributed by atoms with E-state index in [0.29, 0.717) is 24.2 Å². The van der Waals surface area contributed by atoms with Crippen molar-refractivity contribution in [2.24, 2.45) is 0 Å². The standard InChI is InChI=1S/C19H20N2O3/c1-13-12-14(8-9-17(13)24-2)18(22)16-7-5-11-21(16)19(23)15-6-3-4-10-20-15/h3-4,6,8-10,12,16H,5,7,11H2,1-2H3. The average molecular weight is 324 g/mol. The minimum Gasteiger partial charge on any atom is -0.496 e. The van der Waals surface area contributed by atoms with Crippen molar-refractivity contribution in [2.45, 2.75) is 25.8 Å². The van der Waals surface area contributed by atoms with E-state index in [0.717, 1.165) is 17.7 Å². The average Bonchev–Trinajstić information content (AvgIpc) is 3.10. The van der Waals surface area contributed by atoms with Gasteiger partial charge < -0.3 is 9.64 Å². The van der Waals surface area contributed by atoms with Crippen molar-refractivity contribution in [1.82, 2.24) is 9.88 Å². The Morgan fingerprint density at radius 1 is 1.25 bits per heavy atom. The number of carbonyl (C=O) groups is 2. The van der Waals surface area contributed by atoms with Crippen LogP contribution in [0.15, 0.2) is 42.6 Å². The van der Waals surface area contributed by atoms with Gasteiger partial charge in [-0.1, -0.05) is 6.07 Å². The first-order valence-electron chi connectivity index (χ1n) is 8.02. The van der Waals surface area contributed by atoms with E-state index in [4.69, 9.17) is 4.74 Å². The monoisotopic (exact) mass is 324 g/mol. The van der Waals surface area contributed by atoms with Crippen LogP contribution in [-0.4, -0.2) is 41.3 Å². The molecule has 2 heterocycles. The van der Waals surface area contributed by atoms with E-state index in [1.807, 2.05) is 13.0 Å². The molecule has 124 valence electrons. The van der Waals surface area contributed by atoms with Gasteiger partial charge in [0.2, 0.25) is 0 Å². The van der Waals surface area contributed by atoms with Gasteiger partial charge in [-0.2, -0.15) is 0 Å². The summed E-state index contributed by atoms with van der Waals surface area (Å²) in [6.07, 6.45) is 3.10. The van der Waals surface area contributed by atoms with E-state index < -0.39 is 6.04 Å². The third kappa shape index (κ3) is 3.02. The number of carbonyl (C=O) groups excluding carboxylic acids is 2. The SMILES string of the molecule is COc1ccc(C(=O)C2CCCN2C(=O)c2ccccn2)cc1C. The fraction of sp³-hybridized carbons (Fsp3) is 0.316. The van der Waals surface area contributed by atoms with E-state index in [1.165, 1.54) is 0 Å². The van der Waals surface area contributed by atoms with Gasteiger partial charge in [0.1, 0.15) is 11.4 Å². The molecule has 2 aromatic rings. The maximum atomic E-state index is 12.9. The number of benzene rings is 1. The first kappa shape index (κ1) is 16.2. The van der Waals surface area contributed by atoms with Crippen LogP contribution in [0.25, 0.3) is 0 Å². The summed E-state index contributed by atoms with van der Waals surface area (Å²) in [5.41, 5.74) is 1.89. The highest BCUT2D eigenvalue weighted by Crippen LogP contribution is 2.25. The maximum Gasteiger partial charge on any atom is 0.273 e. The fourth-order valence-corrected chi connectivity index (χ4v) is 3.14. The summed E-state index contributed by atoms with van der Waals surface area (Å²) < 4.78 is 5.24. The summed E-state index contributed by atoms with van der Waals surface area (Å²) in [7, 11) is 1.61. The molecule has 1 aliphatic rings. The van der Waals surface area contributed by atoms with Gasteiger partial charge >= 0.3 is 0 Å². The van der Waals surface area contributed by atoms with E-state index in [2.05, 4.69) is 4.98 Å². The summed E-state index contributed by atoms with van der Waals surface area (Å²) in [5, 5.41) is 0. The van der Waals surface area contributed by atoms with Gasteiger partial charge in [0, 0.05) is 18.3 Å². The third-order valence-electron chi connectivity index (χ3n) is 4.38. The summed E-state index contributed by atoms with van der Waals surface area (Å²) in [6, 6.07) is 10.2. The molecule has 5 nitrogen and oxygen atoms in total. The molecule has 0 bridgehead atoms. The number of hydrogen-bond donors (Lipinski definition) is 0. The molecule has 1 amide bonds. The van der Waals surface area contributed by atoms with E-state index in [1.54, 1.807) is 48.5 Å². The quantitative estimate of drug-likeness (QED) is 0.812. The molecule has 0 spiro atoms. The molecule has 1 unspecified atom stereocenters. The number of aromatic nitrogens is 1. The lowest BCUT2D eigenvalue weighted by Crippen LogP contribution is -2.40. The lowest BCUT2D eigenvalue weighted by Gasteiger charge is -2.23.